The van der Waals surface area contributed by atoms with Crippen molar-refractivity contribution in [1.82, 2.24) is 9.80 Å². The highest BCUT2D eigenvalue weighted by molar-refractivity contribution is 5.88. The van der Waals surface area contributed by atoms with Crippen LogP contribution in [-0.2, 0) is 9.47 Å². The lowest BCUT2D eigenvalue weighted by Crippen LogP contribution is -2.27. The van der Waals surface area contributed by atoms with Gasteiger partial charge in [0, 0.05) is 24.5 Å². The van der Waals surface area contributed by atoms with E-state index >= 15 is 0 Å². The highest BCUT2D eigenvalue weighted by atomic mass is 16.6. The van der Waals surface area contributed by atoms with Crippen LogP contribution in [0.2, 0.25) is 0 Å². The first-order chi connectivity index (χ1) is 24.4. The third-order valence-electron chi connectivity index (χ3n) is 9.47. The number of anilines is 2. The second-order valence-corrected chi connectivity index (χ2v) is 14.6. The van der Waals surface area contributed by atoms with Crippen molar-refractivity contribution < 1.29 is 19.1 Å². The summed E-state index contributed by atoms with van der Waals surface area (Å²) in [4.78, 5) is 28.8. The van der Waals surface area contributed by atoms with Gasteiger partial charge in [-0.3, -0.25) is 20.4 Å². The maximum absolute atomic E-state index is 12.4. The van der Waals surface area contributed by atoms with Gasteiger partial charge in [0.2, 0.25) is 0 Å². The summed E-state index contributed by atoms with van der Waals surface area (Å²) in [7, 11) is 3.95. The molecule has 8 heteroatoms. The monoisotopic (exact) mass is 703 g/mol. The van der Waals surface area contributed by atoms with Crippen LogP contribution in [0.5, 0.6) is 0 Å². The SMILES string of the molecule is CCCCCCCCCCCCCCCN(C)COC(=O)Nc1cccc(NC(=O)OCN(C)CCCCCCCCCCCCCCC)c1. The Hall–Kier alpha value is -2.32. The van der Waals surface area contributed by atoms with Crippen LogP contribution in [0, 0.1) is 0 Å². The Morgan fingerprint density at radius 3 is 1.06 bits per heavy atom. The van der Waals surface area contributed by atoms with Crippen molar-refractivity contribution in [3.63, 3.8) is 0 Å². The summed E-state index contributed by atoms with van der Waals surface area (Å²) < 4.78 is 10.8. The average molecular weight is 703 g/mol. The number of hydrogen-bond donors (Lipinski definition) is 2. The van der Waals surface area contributed by atoms with E-state index in [9.17, 15) is 9.59 Å². The van der Waals surface area contributed by atoms with Gasteiger partial charge in [-0.25, -0.2) is 9.59 Å². The molecule has 0 aliphatic heterocycles. The summed E-state index contributed by atoms with van der Waals surface area (Å²) in [5, 5.41) is 5.50. The van der Waals surface area contributed by atoms with Gasteiger partial charge in [0.1, 0.15) is 13.5 Å². The number of nitrogens with zero attached hydrogens (tertiary/aromatic N) is 2. The fraction of sp³-hybridized carbons (Fsp3) is 0.810. The van der Waals surface area contributed by atoms with E-state index in [4.69, 9.17) is 9.47 Å². The Bertz CT molecular complexity index is 862. The topological polar surface area (TPSA) is 83.1 Å². The Morgan fingerprint density at radius 2 is 0.760 bits per heavy atom. The van der Waals surface area contributed by atoms with Crippen LogP contribution in [0.15, 0.2) is 24.3 Å². The molecule has 0 radical (unpaired) electrons. The summed E-state index contributed by atoms with van der Waals surface area (Å²) >= 11 is 0. The third kappa shape index (κ3) is 29.4. The zero-order chi connectivity index (χ0) is 36.3. The molecule has 2 N–H and O–H groups in total. The number of unbranched alkanes of at least 4 members (excludes halogenated alkanes) is 24. The summed E-state index contributed by atoms with van der Waals surface area (Å²) in [5.41, 5.74) is 1.10. The number of hydrogen-bond acceptors (Lipinski definition) is 6. The van der Waals surface area contributed by atoms with Gasteiger partial charge in [-0.2, -0.15) is 0 Å². The van der Waals surface area contributed by atoms with Gasteiger partial charge in [0.15, 0.2) is 0 Å². The lowest BCUT2D eigenvalue weighted by Gasteiger charge is -2.17. The molecule has 0 aromatic heterocycles. The van der Waals surface area contributed by atoms with Crippen molar-refractivity contribution in [3.05, 3.63) is 24.3 Å². The van der Waals surface area contributed by atoms with Crippen LogP contribution in [-0.4, -0.2) is 62.6 Å². The molecule has 0 bridgehead atoms. The van der Waals surface area contributed by atoms with Crippen LogP contribution < -0.4 is 10.6 Å². The second kappa shape index (κ2) is 33.8. The van der Waals surface area contributed by atoms with Crippen LogP contribution in [0.4, 0.5) is 21.0 Å². The number of nitrogens with one attached hydrogen (secondary N) is 2. The Morgan fingerprint density at radius 1 is 0.480 bits per heavy atom. The van der Waals surface area contributed by atoms with E-state index in [0.717, 1.165) is 25.9 Å². The molecule has 2 amide bonds. The Balaban J connectivity index is 2.05. The van der Waals surface area contributed by atoms with E-state index in [1.54, 1.807) is 24.3 Å². The lowest BCUT2D eigenvalue weighted by molar-refractivity contribution is 0.0919. The van der Waals surface area contributed by atoms with E-state index in [1.807, 2.05) is 23.9 Å². The van der Waals surface area contributed by atoms with Crippen LogP contribution >= 0.6 is 0 Å². The Kier molecular flexibility index (Phi) is 30.9. The smallest absolute Gasteiger partial charge is 0.412 e. The van der Waals surface area contributed by atoms with Gasteiger partial charge in [-0.1, -0.05) is 174 Å². The van der Waals surface area contributed by atoms with Gasteiger partial charge in [0.05, 0.1) is 0 Å². The zero-order valence-electron chi connectivity index (χ0n) is 33.1. The minimum atomic E-state index is -0.517. The maximum atomic E-state index is 12.4. The highest BCUT2D eigenvalue weighted by Gasteiger charge is 2.09. The molecular formula is C42H78N4O4. The first-order valence-corrected chi connectivity index (χ1v) is 20.8. The zero-order valence-corrected chi connectivity index (χ0v) is 33.1. The van der Waals surface area contributed by atoms with Gasteiger partial charge < -0.3 is 9.47 Å². The largest absolute Gasteiger partial charge is 0.433 e. The molecule has 0 atom stereocenters. The van der Waals surface area contributed by atoms with E-state index in [0.29, 0.717) is 11.4 Å². The van der Waals surface area contributed by atoms with Crippen molar-refractivity contribution in [2.24, 2.45) is 0 Å². The number of rotatable bonds is 34. The van der Waals surface area contributed by atoms with E-state index in [1.165, 1.54) is 154 Å². The molecule has 0 spiro atoms. The molecule has 0 heterocycles. The Labute approximate surface area is 308 Å². The molecule has 0 aliphatic rings. The molecule has 50 heavy (non-hydrogen) atoms. The van der Waals surface area contributed by atoms with Crippen molar-refractivity contribution in [1.29, 1.82) is 0 Å². The minimum absolute atomic E-state index is 0.237. The van der Waals surface area contributed by atoms with Gasteiger partial charge in [-0.15, -0.1) is 0 Å². The van der Waals surface area contributed by atoms with Crippen molar-refractivity contribution in [2.75, 3.05) is 51.3 Å². The number of carbonyl (C=O) groups is 2. The normalized spacial score (nSPS) is 11.3. The number of benzene rings is 1. The molecule has 0 fully saturated rings. The molecule has 1 aromatic rings. The summed E-state index contributed by atoms with van der Waals surface area (Å²) in [6.45, 7) is 6.83. The fourth-order valence-electron chi connectivity index (χ4n) is 6.25. The molecule has 290 valence electrons. The summed E-state index contributed by atoms with van der Waals surface area (Å²) in [6, 6.07) is 6.99. The molecule has 0 saturated heterocycles. The first kappa shape index (κ1) is 45.7. The molecule has 0 saturated carbocycles. The van der Waals surface area contributed by atoms with E-state index in [-0.39, 0.29) is 13.5 Å². The second-order valence-electron chi connectivity index (χ2n) is 14.6. The molecular weight excluding hydrogens is 624 g/mol. The van der Waals surface area contributed by atoms with Gasteiger partial charge >= 0.3 is 12.2 Å². The minimum Gasteiger partial charge on any atom is -0.433 e. The van der Waals surface area contributed by atoms with Crippen molar-refractivity contribution in [3.8, 4) is 0 Å². The first-order valence-electron chi connectivity index (χ1n) is 20.8. The predicted octanol–water partition coefficient (Wildman–Crippen LogP) is 12.7. The lowest BCUT2D eigenvalue weighted by atomic mass is 10.0. The van der Waals surface area contributed by atoms with Gasteiger partial charge in [0.25, 0.3) is 0 Å². The quantitative estimate of drug-likeness (QED) is 0.0549. The highest BCUT2D eigenvalue weighted by Crippen LogP contribution is 2.17. The number of ether oxygens (including phenoxy) is 2. The average Bonchev–Trinajstić information content (AvgIpc) is 3.10. The molecule has 1 rings (SSSR count). The standard InChI is InChI=1S/C42H78N4O4/c1-5-7-9-11-13-15-17-19-21-23-25-27-29-34-45(3)37-49-41(47)43-39-32-31-33-40(36-39)44-42(48)50-38-46(4)35-30-28-26-24-22-20-18-16-14-12-10-8-6-2/h31-33,36H,5-30,34-35,37-38H2,1-4H3,(H,43,47)(H,44,48). The number of carbonyl (C=O) groups excluding carboxylic acids is 2. The van der Waals surface area contributed by atoms with Crippen LogP contribution in [0.25, 0.3) is 0 Å². The fourth-order valence-corrected chi connectivity index (χ4v) is 6.25. The molecule has 0 unspecified atom stereocenters. The molecule has 8 nitrogen and oxygen atoms in total. The van der Waals surface area contributed by atoms with Crippen molar-refractivity contribution in [2.45, 2.75) is 181 Å². The summed E-state index contributed by atoms with van der Waals surface area (Å²) in [5.74, 6) is 0. The third-order valence-corrected chi connectivity index (χ3v) is 9.47. The van der Waals surface area contributed by atoms with E-state index < -0.39 is 12.2 Å². The maximum Gasteiger partial charge on any atom is 0.412 e. The molecule has 1 aromatic carbocycles. The predicted molar refractivity (Wildman–Crippen MR) is 213 cm³/mol. The van der Waals surface area contributed by atoms with E-state index in [2.05, 4.69) is 24.5 Å². The molecule has 0 aliphatic carbocycles. The number of amides is 2. The van der Waals surface area contributed by atoms with Crippen LogP contribution in [0.1, 0.15) is 181 Å². The van der Waals surface area contributed by atoms with Gasteiger partial charge in [-0.05, 0) is 45.1 Å². The van der Waals surface area contributed by atoms with Crippen molar-refractivity contribution >= 4 is 23.6 Å². The van der Waals surface area contributed by atoms with Crippen LogP contribution in [0.3, 0.4) is 0 Å². The summed E-state index contributed by atoms with van der Waals surface area (Å²) in [6.07, 6.45) is 33.7.